The minimum absolute atomic E-state index is 0.0476. The summed E-state index contributed by atoms with van der Waals surface area (Å²) < 4.78 is 15.5. The van der Waals surface area contributed by atoms with E-state index >= 15 is 0 Å². The van der Waals surface area contributed by atoms with Crippen LogP contribution in [0.25, 0.3) is 0 Å². The average molecular weight is 371 g/mol. The summed E-state index contributed by atoms with van der Waals surface area (Å²) >= 11 is 2.69. The van der Waals surface area contributed by atoms with Gasteiger partial charge in [-0.15, -0.1) is 11.8 Å². The SMILES string of the molecule is CCOCCOC(=O)/C(C#N)=C(\NCc1cnc(OCC)s1)SC. The molecule has 0 aromatic carbocycles. The Balaban J connectivity index is 2.65. The molecule has 0 bridgehead atoms. The van der Waals surface area contributed by atoms with Crippen LogP contribution in [0.4, 0.5) is 0 Å². The molecule has 0 fully saturated rings. The zero-order chi connectivity index (χ0) is 17.8. The molecule has 24 heavy (non-hydrogen) atoms. The number of ether oxygens (including phenoxy) is 3. The molecular formula is C15H21N3O4S2. The number of nitrogens with one attached hydrogen (secondary N) is 1. The lowest BCUT2D eigenvalue weighted by molar-refractivity contribution is -0.140. The van der Waals surface area contributed by atoms with Crippen LogP contribution in [0.3, 0.4) is 0 Å². The van der Waals surface area contributed by atoms with E-state index in [2.05, 4.69) is 10.3 Å². The van der Waals surface area contributed by atoms with Crippen molar-refractivity contribution in [3.8, 4) is 11.3 Å². The number of nitrogens with zero attached hydrogens (tertiary/aromatic N) is 2. The molecule has 0 aliphatic heterocycles. The highest BCUT2D eigenvalue weighted by Gasteiger charge is 2.17. The summed E-state index contributed by atoms with van der Waals surface area (Å²) in [5, 5.41) is 13.4. The van der Waals surface area contributed by atoms with Crippen LogP contribution in [0.15, 0.2) is 16.8 Å². The zero-order valence-corrected chi connectivity index (χ0v) is 15.6. The molecule has 0 radical (unpaired) electrons. The Morgan fingerprint density at radius 2 is 2.21 bits per heavy atom. The Bertz CT molecular complexity index is 596. The summed E-state index contributed by atoms with van der Waals surface area (Å²) in [6, 6.07) is 1.90. The minimum atomic E-state index is -0.659. The van der Waals surface area contributed by atoms with Gasteiger partial charge in [-0.05, 0) is 20.1 Å². The highest BCUT2D eigenvalue weighted by Crippen LogP contribution is 2.22. The van der Waals surface area contributed by atoms with E-state index in [0.29, 0.717) is 36.6 Å². The number of rotatable bonds is 11. The van der Waals surface area contributed by atoms with Crippen LogP contribution in [-0.4, -0.2) is 43.6 Å². The number of thiazole rings is 1. The number of carbonyl (C=O) groups is 1. The Morgan fingerprint density at radius 1 is 1.42 bits per heavy atom. The molecule has 0 aliphatic carbocycles. The quantitative estimate of drug-likeness (QED) is 0.274. The van der Waals surface area contributed by atoms with Gasteiger partial charge in [0.1, 0.15) is 12.7 Å². The van der Waals surface area contributed by atoms with Crippen molar-refractivity contribution in [1.29, 1.82) is 5.26 Å². The van der Waals surface area contributed by atoms with Crippen LogP contribution in [0, 0.1) is 11.3 Å². The Labute approximate surface area is 150 Å². The second-order valence-electron chi connectivity index (χ2n) is 4.23. The van der Waals surface area contributed by atoms with Gasteiger partial charge in [-0.25, -0.2) is 9.78 Å². The lowest BCUT2D eigenvalue weighted by Crippen LogP contribution is -2.18. The lowest BCUT2D eigenvalue weighted by Gasteiger charge is -2.10. The predicted molar refractivity (Wildman–Crippen MR) is 93.7 cm³/mol. The molecule has 132 valence electrons. The molecule has 7 nitrogen and oxygen atoms in total. The van der Waals surface area contributed by atoms with E-state index < -0.39 is 5.97 Å². The van der Waals surface area contributed by atoms with Gasteiger partial charge >= 0.3 is 5.97 Å². The molecule has 0 spiro atoms. The van der Waals surface area contributed by atoms with Crippen LogP contribution >= 0.6 is 23.1 Å². The maximum Gasteiger partial charge on any atom is 0.351 e. The normalized spacial score (nSPS) is 11.4. The fourth-order valence-electron chi connectivity index (χ4n) is 1.59. The van der Waals surface area contributed by atoms with Gasteiger partial charge in [0.25, 0.3) is 5.19 Å². The first-order valence-electron chi connectivity index (χ1n) is 7.40. The zero-order valence-electron chi connectivity index (χ0n) is 14.0. The average Bonchev–Trinajstić information content (AvgIpc) is 3.03. The number of nitriles is 1. The van der Waals surface area contributed by atoms with Crippen molar-refractivity contribution in [3.63, 3.8) is 0 Å². The fraction of sp³-hybridized carbons (Fsp3) is 0.533. The maximum atomic E-state index is 12.0. The smallest absolute Gasteiger partial charge is 0.351 e. The van der Waals surface area contributed by atoms with Crippen molar-refractivity contribution in [2.45, 2.75) is 20.4 Å². The topological polar surface area (TPSA) is 93.5 Å². The van der Waals surface area contributed by atoms with Gasteiger partial charge in [0.15, 0.2) is 5.57 Å². The van der Waals surface area contributed by atoms with Gasteiger partial charge in [0.2, 0.25) is 0 Å². The van der Waals surface area contributed by atoms with E-state index in [1.165, 1.54) is 23.1 Å². The summed E-state index contributed by atoms with van der Waals surface area (Å²) in [5.41, 5.74) is -0.0476. The van der Waals surface area contributed by atoms with Gasteiger partial charge in [-0.3, -0.25) is 0 Å². The third kappa shape index (κ3) is 6.78. The van der Waals surface area contributed by atoms with Crippen LogP contribution < -0.4 is 10.1 Å². The minimum Gasteiger partial charge on any atom is -0.470 e. The second-order valence-corrected chi connectivity index (χ2v) is 6.13. The van der Waals surface area contributed by atoms with Crippen molar-refractivity contribution in [3.05, 3.63) is 21.7 Å². The standard InChI is InChI=1S/C15H21N3O4S2/c1-4-20-6-7-22-14(19)12(8-16)13(23-3)17-9-11-10-18-15(24-11)21-5-2/h10,17H,4-7,9H2,1-3H3/b13-12+. The van der Waals surface area contributed by atoms with E-state index in [1.54, 1.807) is 12.5 Å². The van der Waals surface area contributed by atoms with Crippen molar-refractivity contribution in [2.75, 3.05) is 32.7 Å². The first-order chi connectivity index (χ1) is 11.7. The summed E-state index contributed by atoms with van der Waals surface area (Å²) in [5.74, 6) is -0.659. The Hall–Kier alpha value is -1.76. The van der Waals surface area contributed by atoms with Gasteiger partial charge in [-0.2, -0.15) is 5.26 Å². The number of aromatic nitrogens is 1. The van der Waals surface area contributed by atoms with Crippen molar-refractivity contribution < 1.29 is 19.0 Å². The largest absolute Gasteiger partial charge is 0.470 e. The molecule has 1 N–H and O–H groups in total. The van der Waals surface area contributed by atoms with Gasteiger partial charge in [-0.1, -0.05) is 11.3 Å². The molecule has 9 heteroatoms. The van der Waals surface area contributed by atoms with Crippen LogP contribution in [0.1, 0.15) is 18.7 Å². The highest BCUT2D eigenvalue weighted by molar-refractivity contribution is 8.02. The number of esters is 1. The van der Waals surface area contributed by atoms with Gasteiger partial charge in [0.05, 0.1) is 24.8 Å². The number of thioether (sulfide) groups is 1. The molecule has 1 heterocycles. The molecule has 0 saturated carbocycles. The maximum absolute atomic E-state index is 12.0. The van der Waals surface area contributed by atoms with E-state index in [-0.39, 0.29) is 12.2 Å². The molecule has 0 unspecified atom stereocenters. The molecule has 1 rings (SSSR count). The first kappa shape index (κ1) is 20.3. The van der Waals surface area contributed by atoms with Crippen LogP contribution in [-0.2, 0) is 20.8 Å². The number of carbonyl (C=O) groups excluding carboxylic acids is 1. The summed E-state index contributed by atoms with van der Waals surface area (Å²) in [6.07, 6.45) is 3.48. The van der Waals surface area contributed by atoms with Gasteiger partial charge in [0, 0.05) is 17.7 Å². The molecule has 0 atom stereocenters. The fourth-order valence-corrected chi connectivity index (χ4v) is 2.90. The Kier molecular flexibility index (Phi) is 9.91. The van der Waals surface area contributed by atoms with Crippen molar-refractivity contribution in [1.82, 2.24) is 10.3 Å². The first-order valence-corrected chi connectivity index (χ1v) is 9.44. The Morgan fingerprint density at radius 3 is 2.83 bits per heavy atom. The van der Waals surface area contributed by atoms with E-state index in [1.807, 2.05) is 19.9 Å². The number of hydrogen-bond donors (Lipinski definition) is 1. The monoisotopic (exact) mass is 371 g/mol. The van der Waals surface area contributed by atoms with Crippen LogP contribution in [0.2, 0.25) is 0 Å². The van der Waals surface area contributed by atoms with Crippen molar-refractivity contribution in [2.24, 2.45) is 0 Å². The summed E-state index contributed by atoms with van der Waals surface area (Å²) in [6.45, 7) is 5.73. The molecule has 1 aromatic rings. The van der Waals surface area contributed by atoms with E-state index in [4.69, 9.17) is 14.2 Å². The third-order valence-corrected chi connectivity index (χ3v) is 4.30. The molecule has 0 aliphatic rings. The molecular weight excluding hydrogens is 350 g/mol. The highest BCUT2D eigenvalue weighted by atomic mass is 32.2. The predicted octanol–water partition coefficient (Wildman–Crippen LogP) is 2.31. The van der Waals surface area contributed by atoms with Crippen LogP contribution in [0.5, 0.6) is 5.19 Å². The lowest BCUT2D eigenvalue weighted by atomic mass is 10.3. The van der Waals surface area contributed by atoms with Gasteiger partial charge < -0.3 is 19.5 Å². The molecule has 0 saturated heterocycles. The van der Waals surface area contributed by atoms with E-state index in [9.17, 15) is 10.1 Å². The summed E-state index contributed by atoms with van der Waals surface area (Å²) in [4.78, 5) is 17.1. The van der Waals surface area contributed by atoms with Crippen molar-refractivity contribution >= 4 is 29.1 Å². The molecule has 0 amide bonds. The third-order valence-electron chi connectivity index (χ3n) is 2.64. The van der Waals surface area contributed by atoms with E-state index in [0.717, 1.165) is 4.88 Å². The molecule has 1 aromatic heterocycles. The summed E-state index contributed by atoms with van der Waals surface area (Å²) in [7, 11) is 0. The second kappa shape index (κ2) is 11.7. The number of hydrogen-bond acceptors (Lipinski definition) is 9.